The third-order valence-electron chi connectivity index (χ3n) is 3.08. The predicted molar refractivity (Wildman–Crippen MR) is 70.5 cm³/mol. The molecule has 1 unspecified atom stereocenters. The van der Waals surface area contributed by atoms with Crippen molar-refractivity contribution in [1.29, 1.82) is 0 Å². The summed E-state index contributed by atoms with van der Waals surface area (Å²) >= 11 is 0. The minimum absolute atomic E-state index is 0.0150. The SMILES string of the molecule is O=C(O)CC1CN(C(=O)COc2ccccc2F)CCO1. The highest BCUT2D eigenvalue weighted by Gasteiger charge is 2.26. The molecule has 1 saturated heterocycles. The molecule has 6 nitrogen and oxygen atoms in total. The second-order valence-electron chi connectivity index (χ2n) is 4.65. The minimum atomic E-state index is -0.975. The number of hydrogen-bond acceptors (Lipinski definition) is 4. The molecule has 1 aliphatic heterocycles. The van der Waals surface area contributed by atoms with Gasteiger partial charge in [0.15, 0.2) is 18.2 Å². The summed E-state index contributed by atoms with van der Waals surface area (Å²) in [6, 6.07) is 5.83. The van der Waals surface area contributed by atoms with Crippen LogP contribution in [-0.2, 0) is 14.3 Å². The first-order valence-electron chi connectivity index (χ1n) is 6.55. The first-order chi connectivity index (χ1) is 10.1. The Hall–Kier alpha value is -2.15. The molecule has 1 N–H and O–H groups in total. The number of nitrogens with zero attached hydrogens (tertiary/aromatic N) is 1. The zero-order valence-electron chi connectivity index (χ0n) is 11.3. The normalized spacial score (nSPS) is 18.3. The van der Waals surface area contributed by atoms with E-state index in [1.165, 1.54) is 23.1 Å². The van der Waals surface area contributed by atoms with Crippen LogP contribution in [0.25, 0.3) is 0 Å². The van der Waals surface area contributed by atoms with Gasteiger partial charge in [-0.05, 0) is 12.1 Å². The van der Waals surface area contributed by atoms with E-state index in [4.69, 9.17) is 14.6 Å². The van der Waals surface area contributed by atoms with Gasteiger partial charge in [0.25, 0.3) is 5.91 Å². The van der Waals surface area contributed by atoms with Crippen LogP contribution in [0, 0.1) is 5.82 Å². The molecule has 1 aliphatic rings. The molecule has 1 fully saturated rings. The molecule has 1 atom stereocenters. The number of benzene rings is 1. The van der Waals surface area contributed by atoms with Gasteiger partial charge in [-0.1, -0.05) is 12.1 Å². The maximum absolute atomic E-state index is 13.4. The van der Waals surface area contributed by atoms with E-state index in [2.05, 4.69) is 0 Å². The summed E-state index contributed by atoms with van der Waals surface area (Å²) in [6.45, 7) is 0.561. The molecule has 0 aliphatic carbocycles. The Morgan fingerprint density at radius 1 is 1.43 bits per heavy atom. The number of ether oxygens (including phenoxy) is 2. The van der Waals surface area contributed by atoms with Gasteiger partial charge in [0.1, 0.15) is 0 Å². The lowest BCUT2D eigenvalue weighted by molar-refractivity contribution is -0.148. The maximum atomic E-state index is 13.4. The van der Waals surface area contributed by atoms with Gasteiger partial charge >= 0.3 is 5.97 Å². The Bertz CT molecular complexity index is 522. The summed E-state index contributed by atoms with van der Waals surface area (Å²) in [7, 11) is 0. The van der Waals surface area contributed by atoms with Gasteiger partial charge in [-0.3, -0.25) is 9.59 Å². The number of halogens is 1. The molecule has 1 amide bonds. The van der Waals surface area contributed by atoms with Gasteiger partial charge in [-0.2, -0.15) is 0 Å². The average molecular weight is 297 g/mol. The Morgan fingerprint density at radius 3 is 2.90 bits per heavy atom. The number of carbonyl (C=O) groups excluding carboxylic acids is 1. The smallest absolute Gasteiger partial charge is 0.306 e. The zero-order chi connectivity index (χ0) is 15.2. The molecule has 0 spiro atoms. The highest BCUT2D eigenvalue weighted by Crippen LogP contribution is 2.16. The molecule has 114 valence electrons. The predicted octanol–water partition coefficient (Wildman–Crippen LogP) is 0.907. The van der Waals surface area contributed by atoms with E-state index in [1.807, 2.05) is 0 Å². The second kappa shape index (κ2) is 7.03. The van der Waals surface area contributed by atoms with E-state index in [-0.39, 0.29) is 37.8 Å². The number of carboxylic acids is 1. The number of rotatable bonds is 5. The molecular weight excluding hydrogens is 281 g/mol. The Labute approximate surface area is 121 Å². The van der Waals surface area contributed by atoms with Crippen molar-refractivity contribution in [1.82, 2.24) is 4.90 Å². The van der Waals surface area contributed by atoms with Crippen LogP contribution in [0.4, 0.5) is 4.39 Å². The average Bonchev–Trinajstić information content (AvgIpc) is 2.45. The maximum Gasteiger partial charge on any atom is 0.306 e. The van der Waals surface area contributed by atoms with Crippen molar-refractivity contribution in [3.8, 4) is 5.75 Å². The highest BCUT2D eigenvalue weighted by molar-refractivity contribution is 5.78. The molecule has 7 heteroatoms. The summed E-state index contributed by atoms with van der Waals surface area (Å²) in [5.74, 6) is -1.81. The van der Waals surface area contributed by atoms with Crippen molar-refractivity contribution in [3.05, 3.63) is 30.1 Å². The number of morpholine rings is 1. The third kappa shape index (κ3) is 4.42. The summed E-state index contributed by atoms with van der Waals surface area (Å²) in [6.07, 6.45) is -0.675. The number of amides is 1. The van der Waals surface area contributed by atoms with Crippen molar-refractivity contribution in [3.63, 3.8) is 0 Å². The summed E-state index contributed by atoms with van der Waals surface area (Å²) in [5.41, 5.74) is 0. The molecule has 0 radical (unpaired) electrons. The van der Waals surface area contributed by atoms with Crippen LogP contribution in [0.3, 0.4) is 0 Å². The van der Waals surface area contributed by atoms with Crippen LogP contribution in [0.1, 0.15) is 6.42 Å². The Kier molecular flexibility index (Phi) is 5.10. The lowest BCUT2D eigenvalue weighted by Crippen LogP contribution is -2.47. The fraction of sp³-hybridized carbons (Fsp3) is 0.429. The van der Waals surface area contributed by atoms with Crippen molar-refractivity contribution < 1.29 is 28.6 Å². The van der Waals surface area contributed by atoms with Crippen LogP contribution in [0.5, 0.6) is 5.75 Å². The van der Waals surface area contributed by atoms with E-state index < -0.39 is 17.9 Å². The first kappa shape index (κ1) is 15.2. The number of aliphatic carboxylic acids is 1. The largest absolute Gasteiger partial charge is 0.481 e. The van der Waals surface area contributed by atoms with Crippen LogP contribution in [-0.4, -0.2) is 54.3 Å². The Morgan fingerprint density at radius 2 is 2.19 bits per heavy atom. The standard InChI is InChI=1S/C14H16FNO5/c15-11-3-1-2-4-12(11)21-9-13(17)16-5-6-20-10(8-16)7-14(18)19/h1-4,10H,5-9H2,(H,18,19). The van der Waals surface area contributed by atoms with Crippen LogP contribution >= 0.6 is 0 Å². The van der Waals surface area contributed by atoms with Gasteiger partial charge in [-0.15, -0.1) is 0 Å². The lowest BCUT2D eigenvalue weighted by atomic mass is 10.2. The number of carbonyl (C=O) groups is 2. The van der Waals surface area contributed by atoms with E-state index >= 15 is 0 Å². The summed E-state index contributed by atoms with van der Waals surface area (Å²) < 4.78 is 23.8. The minimum Gasteiger partial charge on any atom is -0.481 e. The van der Waals surface area contributed by atoms with E-state index in [0.29, 0.717) is 6.54 Å². The topological polar surface area (TPSA) is 76.1 Å². The molecule has 1 heterocycles. The number of carboxylic acid groups (broad SMARTS) is 1. The lowest BCUT2D eigenvalue weighted by Gasteiger charge is -2.32. The Balaban J connectivity index is 1.85. The van der Waals surface area contributed by atoms with E-state index in [9.17, 15) is 14.0 Å². The van der Waals surface area contributed by atoms with Crippen LogP contribution in [0.15, 0.2) is 24.3 Å². The summed E-state index contributed by atoms with van der Waals surface area (Å²) in [5, 5.41) is 8.72. The van der Waals surface area contributed by atoms with Gasteiger partial charge < -0.3 is 19.5 Å². The fourth-order valence-electron chi connectivity index (χ4n) is 2.06. The van der Waals surface area contributed by atoms with Crippen LogP contribution in [0.2, 0.25) is 0 Å². The van der Waals surface area contributed by atoms with Gasteiger partial charge in [0.05, 0.1) is 19.1 Å². The van der Waals surface area contributed by atoms with Gasteiger partial charge in [-0.25, -0.2) is 4.39 Å². The molecule has 1 aromatic carbocycles. The molecule has 0 bridgehead atoms. The molecule has 0 saturated carbocycles. The fourth-order valence-corrected chi connectivity index (χ4v) is 2.06. The van der Waals surface area contributed by atoms with E-state index in [1.54, 1.807) is 6.07 Å². The molecule has 2 rings (SSSR count). The summed E-state index contributed by atoms with van der Waals surface area (Å²) in [4.78, 5) is 24.1. The van der Waals surface area contributed by atoms with Gasteiger partial charge in [0.2, 0.25) is 0 Å². The first-order valence-corrected chi connectivity index (χ1v) is 6.55. The monoisotopic (exact) mass is 297 g/mol. The van der Waals surface area contributed by atoms with E-state index in [0.717, 1.165) is 0 Å². The quantitative estimate of drug-likeness (QED) is 0.874. The zero-order valence-corrected chi connectivity index (χ0v) is 11.3. The molecule has 1 aromatic rings. The van der Waals surface area contributed by atoms with Crippen molar-refractivity contribution in [2.45, 2.75) is 12.5 Å². The van der Waals surface area contributed by atoms with Crippen molar-refractivity contribution in [2.75, 3.05) is 26.3 Å². The van der Waals surface area contributed by atoms with Crippen LogP contribution < -0.4 is 4.74 Å². The number of para-hydroxylation sites is 1. The number of hydrogen-bond donors (Lipinski definition) is 1. The third-order valence-corrected chi connectivity index (χ3v) is 3.08. The molecule has 21 heavy (non-hydrogen) atoms. The van der Waals surface area contributed by atoms with Gasteiger partial charge in [0, 0.05) is 13.1 Å². The van der Waals surface area contributed by atoms with Crippen molar-refractivity contribution >= 4 is 11.9 Å². The molecular formula is C14H16FNO5. The van der Waals surface area contributed by atoms with Crippen molar-refractivity contribution in [2.24, 2.45) is 0 Å². The highest BCUT2D eigenvalue weighted by atomic mass is 19.1. The second-order valence-corrected chi connectivity index (χ2v) is 4.65. The molecule has 0 aromatic heterocycles.